The number of hydrogen-bond donors (Lipinski definition) is 1. The lowest BCUT2D eigenvalue weighted by Gasteiger charge is -1.97. The van der Waals surface area contributed by atoms with Crippen molar-refractivity contribution in [3.63, 3.8) is 0 Å². The fourth-order valence-electron chi connectivity index (χ4n) is 1.58. The largest absolute Gasteiger partial charge is 0.419 e. The van der Waals surface area contributed by atoms with Gasteiger partial charge in [0.1, 0.15) is 0 Å². The Balaban J connectivity index is 1.74. The van der Waals surface area contributed by atoms with Crippen LogP contribution < -0.4 is 5.32 Å². The van der Waals surface area contributed by atoms with E-state index in [1.54, 1.807) is 0 Å². The Hall–Kier alpha value is -0.950. The molecule has 0 amide bonds. The Labute approximate surface area is 113 Å². The summed E-state index contributed by atoms with van der Waals surface area (Å²) in [6.07, 6.45) is 2.52. The lowest BCUT2D eigenvalue weighted by atomic mass is 10.2. The van der Waals surface area contributed by atoms with Gasteiger partial charge in [0, 0.05) is 15.2 Å². The molecule has 1 fully saturated rings. The molecular weight excluding hydrogens is 329 g/mol. The van der Waals surface area contributed by atoms with Crippen LogP contribution in [0.2, 0.25) is 0 Å². The first kappa shape index (κ1) is 11.2. The Morgan fingerprint density at radius 1 is 1.35 bits per heavy atom. The number of benzene rings is 1. The van der Waals surface area contributed by atoms with Gasteiger partial charge in [-0.05, 0) is 53.6 Å². The zero-order valence-electron chi connectivity index (χ0n) is 9.19. The van der Waals surface area contributed by atoms with Crippen molar-refractivity contribution in [2.75, 3.05) is 0 Å². The quantitative estimate of drug-likeness (QED) is 0.869. The van der Waals surface area contributed by atoms with Crippen LogP contribution in [0.1, 0.15) is 18.7 Å². The molecule has 0 saturated heterocycles. The molecule has 0 unspecified atom stereocenters. The summed E-state index contributed by atoms with van der Waals surface area (Å²) in [6, 6.07) is 8.70. The molecule has 1 aliphatic rings. The molecular formula is C12H12IN3O. The molecule has 2 aromatic rings. The number of hydrogen-bond acceptors (Lipinski definition) is 4. The zero-order valence-corrected chi connectivity index (χ0v) is 11.3. The summed E-state index contributed by atoms with van der Waals surface area (Å²) in [5, 5.41) is 11.5. The Morgan fingerprint density at radius 3 is 3.00 bits per heavy atom. The molecule has 0 aliphatic heterocycles. The second-order valence-electron chi connectivity index (χ2n) is 4.17. The second-order valence-corrected chi connectivity index (χ2v) is 5.41. The topological polar surface area (TPSA) is 51.0 Å². The fourth-order valence-corrected chi connectivity index (χ4v) is 2.13. The highest BCUT2D eigenvalue weighted by Crippen LogP contribution is 2.21. The highest BCUT2D eigenvalue weighted by molar-refractivity contribution is 14.1. The third kappa shape index (κ3) is 2.84. The summed E-state index contributed by atoms with van der Waals surface area (Å²) in [4.78, 5) is 0. The molecule has 1 aromatic heterocycles. The van der Waals surface area contributed by atoms with E-state index in [4.69, 9.17) is 4.42 Å². The van der Waals surface area contributed by atoms with E-state index in [-0.39, 0.29) is 0 Å². The Kier molecular flexibility index (Phi) is 3.11. The Bertz CT molecular complexity index is 522. The van der Waals surface area contributed by atoms with E-state index < -0.39 is 0 Å². The highest BCUT2D eigenvalue weighted by atomic mass is 127. The van der Waals surface area contributed by atoms with Crippen LogP contribution in [-0.4, -0.2) is 16.2 Å². The summed E-state index contributed by atoms with van der Waals surface area (Å²) in [7, 11) is 0. The smallest absolute Gasteiger partial charge is 0.247 e. The minimum absolute atomic E-state index is 0.594. The van der Waals surface area contributed by atoms with Gasteiger partial charge in [0.05, 0.1) is 6.54 Å². The third-order valence-corrected chi connectivity index (χ3v) is 3.33. The average molecular weight is 341 g/mol. The van der Waals surface area contributed by atoms with Gasteiger partial charge in [-0.2, -0.15) is 0 Å². The van der Waals surface area contributed by atoms with Crippen molar-refractivity contribution in [2.45, 2.75) is 25.4 Å². The lowest BCUT2D eigenvalue weighted by Crippen LogP contribution is -2.15. The normalized spacial score (nSPS) is 15.1. The summed E-state index contributed by atoms with van der Waals surface area (Å²) in [6.45, 7) is 0.668. The molecule has 1 saturated carbocycles. The van der Waals surface area contributed by atoms with Crippen LogP contribution in [0.5, 0.6) is 0 Å². The molecule has 4 nitrogen and oxygen atoms in total. The first-order chi connectivity index (χ1) is 8.31. The number of nitrogens with zero attached hydrogens (tertiary/aromatic N) is 2. The van der Waals surface area contributed by atoms with E-state index in [0.29, 0.717) is 24.4 Å². The fraction of sp³-hybridized carbons (Fsp3) is 0.333. The molecule has 3 rings (SSSR count). The average Bonchev–Trinajstić information content (AvgIpc) is 3.04. The van der Waals surface area contributed by atoms with Gasteiger partial charge in [0.15, 0.2) is 0 Å². The van der Waals surface area contributed by atoms with Crippen LogP contribution in [0.25, 0.3) is 11.5 Å². The molecule has 88 valence electrons. The second kappa shape index (κ2) is 4.73. The van der Waals surface area contributed by atoms with Crippen molar-refractivity contribution >= 4 is 22.6 Å². The van der Waals surface area contributed by atoms with Crippen molar-refractivity contribution < 1.29 is 4.42 Å². The van der Waals surface area contributed by atoms with Crippen LogP contribution in [0.3, 0.4) is 0 Å². The van der Waals surface area contributed by atoms with Crippen LogP contribution in [0, 0.1) is 3.57 Å². The standard InChI is InChI=1S/C12H12IN3O/c13-9-3-1-2-8(6-9)12-16-15-11(17-12)7-14-10-4-5-10/h1-3,6,10,14H,4-5,7H2. The number of nitrogens with one attached hydrogen (secondary N) is 1. The van der Waals surface area contributed by atoms with Gasteiger partial charge in [-0.25, -0.2) is 0 Å². The van der Waals surface area contributed by atoms with Crippen molar-refractivity contribution in [3.05, 3.63) is 33.7 Å². The predicted octanol–water partition coefficient (Wildman–Crippen LogP) is 2.59. The number of halogens is 1. The maximum absolute atomic E-state index is 5.61. The van der Waals surface area contributed by atoms with Crippen molar-refractivity contribution in [1.29, 1.82) is 0 Å². The van der Waals surface area contributed by atoms with Crippen LogP contribution in [0.15, 0.2) is 28.7 Å². The first-order valence-corrected chi connectivity index (χ1v) is 6.71. The molecule has 0 atom stereocenters. The zero-order chi connectivity index (χ0) is 11.7. The molecule has 17 heavy (non-hydrogen) atoms. The van der Waals surface area contributed by atoms with Gasteiger partial charge in [0.2, 0.25) is 11.8 Å². The third-order valence-electron chi connectivity index (χ3n) is 2.66. The van der Waals surface area contributed by atoms with Crippen LogP contribution in [-0.2, 0) is 6.54 Å². The number of rotatable bonds is 4. The number of aromatic nitrogens is 2. The summed E-state index contributed by atoms with van der Waals surface area (Å²) >= 11 is 2.27. The maximum atomic E-state index is 5.61. The predicted molar refractivity (Wildman–Crippen MR) is 72.3 cm³/mol. The first-order valence-electron chi connectivity index (χ1n) is 5.63. The van der Waals surface area contributed by atoms with Gasteiger partial charge in [0.25, 0.3) is 0 Å². The van der Waals surface area contributed by atoms with E-state index >= 15 is 0 Å². The van der Waals surface area contributed by atoms with Gasteiger partial charge >= 0.3 is 0 Å². The molecule has 5 heteroatoms. The highest BCUT2D eigenvalue weighted by Gasteiger charge is 2.21. The summed E-state index contributed by atoms with van der Waals surface area (Å²) in [5.74, 6) is 1.25. The Morgan fingerprint density at radius 2 is 2.24 bits per heavy atom. The van der Waals surface area contributed by atoms with Gasteiger partial charge in [-0.1, -0.05) is 6.07 Å². The monoisotopic (exact) mass is 341 g/mol. The molecule has 0 radical (unpaired) electrons. The molecule has 1 N–H and O–H groups in total. The molecule has 1 heterocycles. The summed E-state index contributed by atoms with van der Waals surface area (Å²) in [5.41, 5.74) is 0.974. The van der Waals surface area contributed by atoms with E-state index in [2.05, 4.69) is 38.1 Å². The van der Waals surface area contributed by atoms with Crippen molar-refractivity contribution in [2.24, 2.45) is 0 Å². The van der Waals surface area contributed by atoms with E-state index in [1.807, 2.05) is 24.3 Å². The maximum Gasteiger partial charge on any atom is 0.247 e. The van der Waals surface area contributed by atoms with E-state index in [1.165, 1.54) is 12.8 Å². The minimum Gasteiger partial charge on any atom is -0.419 e. The molecule has 0 spiro atoms. The summed E-state index contributed by atoms with van der Waals surface area (Å²) < 4.78 is 6.78. The van der Waals surface area contributed by atoms with Gasteiger partial charge < -0.3 is 9.73 Å². The molecule has 1 aromatic carbocycles. The molecule has 1 aliphatic carbocycles. The minimum atomic E-state index is 0.594. The molecule has 0 bridgehead atoms. The van der Waals surface area contributed by atoms with Crippen molar-refractivity contribution in [3.8, 4) is 11.5 Å². The SMILES string of the molecule is Ic1cccc(-c2nnc(CNC3CC3)o2)c1. The van der Waals surface area contributed by atoms with E-state index in [0.717, 1.165) is 9.13 Å². The lowest BCUT2D eigenvalue weighted by molar-refractivity contribution is 0.476. The van der Waals surface area contributed by atoms with Gasteiger partial charge in [-0.3, -0.25) is 0 Å². The van der Waals surface area contributed by atoms with Crippen LogP contribution in [0.4, 0.5) is 0 Å². The van der Waals surface area contributed by atoms with Crippen LogP contribution >= 0.6 is 22.6 Å². The van der Waals surface area contributed by atoms with E-state index in [9.17, 15) is 0 Å². The van der Waals surface area contributed by atoms with Gasteiger partial charge in [-0.15, -0.1) is 10.2 Å². The van der Waals surface area contributed by atoms with Crippen molar-refractivity contribution in [1.82, 2.24) is 15.5 Å².